The Kier molecular flexibility index (Phi) is 4.94. The highest BCUT2D eigenvalue weighted by atomic mass is 16.1. The maximum atomic E-state index is 12.2. The van der Waals surface area contributed by atoms with Crippen molar-refractivity contribution in [2.75, 3.05) is 0 Å². The predicted octanol–water partition coefficient (Wildman–Crippen LogP) is 6.50. The number of aromatic nitrogens is 1. The van der Waals surface area contributed by atoms with E-state index in [1.807, 2.05) is 43.4 Å². The van der Waals surface area contributed by atoms with Gasteiger partial charge in [0.1, 0.15) is 0 Å². The van der Waals surface area contributed by atoms with Crippen molar-refractivity contribution in [2.24, 2.45) is 7.05 Å². The molecular formula is C27H25NO. The maximum Gasteiger partial charge on any atom is 0.152 e. The van der Waals surface area contributed by atoms with Gasteiger partial charge in [-0.15, -0.1) is 0 Å². The topological polar surface area (TPSA) is 22.0 Å². The number of benzene rings is 3. The first kappa shape index (κ1) is 18.9. The van der Waals surface area contributed by atoms with E-state index in [0.29, 0.717) is 0 Å². The third-order valence-electron chi connectivity index (χ3n) is 5.63. The molecule has 144 valence electrons. The summed E-state index contributed by atoms with van der Waals surface area (Å²) < 4.78 is 2.14. The molecule has 0 aliphatic carbocycles. The number of aryl methyl sites for hydroxylation is 4. The van der Waals surface area contributed by atoms with E-state index in [2.05, 4.69) is 61.7 Å². The van der Waals surface area contributed by atoms with Crippen molar-refractivity contribution >= 4 is 28.8 Å². The van der Waals surface area contributed by atoms with Crippen molar-refractivity contribution in [3.63, 3.8) is 0 Å². The van der Waals surface area contributed by atoms with Gasteiger partial charge in [0.05, 0.1) is 5.69 Å². The number of para-hydroxylation sites is 1. The molecule has 2 heteroatoms. The smallest absolute Gasteiger partial charge is 0.152 e. The SMILES string of the molecule is Cc1cc(C)c(/C=C(\c2ccccc2)c2c(C=O)c3ccccc3n2C)c(C)c1. The van der Waals surface area contributed by atoms with Gasteiger partial charge < -0.3 is 4.57 Å². The average molecular weight is 380 g/mol. The van der Waals surface area contributed by atoms with Crippen molar-refractivity contribution in [1.29, 1.82) is 0 Å². The number of carbonyl (C=O) groups excluding carboxylic acids is 1. The van der Waals surface area contributed by atoms with E-state index < -0.39 is 0 Å². The first-order valence-electron chi connectivity index (χ1n) is 9.89. The highest BCUT2D eigenvalue weighted by molar-refractivity contribution is 6.07. The summed E-state index contributed by atoms with van der Waals surface area (Å²) in [6.07, 6.45) is 3.23. The van der Waals surface area contributed by atoms with Gasteiger partial charge >= 0.3 is 0 Å². The van der Waals surface area contributed by atoms with Crippen molar-refractivity contribution in [3.8, 4) is 0 Å². The normalized spacial score (nSPS) is 11.8. The van der Waals surface area contributed by atoms with Crippen LogP contribution < -0.4 is 0 Å². The zero-order valence-electron chi connectivity index (χ0n) is 17.4. The zero-order chi connectivity index (χ0) is 20.5. The summed E-state index contributed by atoms with van der Waals surface area (Å²) in [5.74, 6) is 0. The second kappa shape index (κ2) is 7.56. The lowest BCUT2D eigenvalue weighted by Crippen LogP contribution is -2.01. The number of hydrogen-bond donors (Lipinski definition) is 0. The van der Waals surface area contributed by atoms with Gasteiger partial charge in [-0.05, 0) is 55.2 Å². The predicted molar refractivity (Wildman–Crippen MR) is 122 cm³/mol. The molecule has 1 aromatic heterocycles. The van der Waals surface area contributed by atoms with Crippen LogP contribution in [0.1, 0.15) is 43.9 Å². The highest BCUT2D eigenvalue weighted by Gasteiger charge is 2.19. The first-order valence-corrected chi connectivity index (χ1v) is 9.89. The van der Waals surface area contributed by atoms with Gasteiger partial charge in [-0.1, -0.05) is 66.2 Å². The largest absolute Gasteiger partial charge is 0.343 e. The van der Waals surface area contributed by atoms with Crippen LogP contribution in [0, 0.1) is 20.8 Å². The minimum absolute atomic E-state index is 0.737. The summed E-state index contributed by atoms with van der Waals surface area (Å²) >= 11 is 0. The molecule has 0 spiro atoms. The summed E-state index contributed by atoms with van der Waals surface area (Å²) in [4.78, 5) is 12.2. The van der Waals surface area contributed by atoms with E-state index in [-0.39, 0.29) is 0 Å². The summed E-state index contributed by atoms with van der Waals surface area (Å²) in [6.45, 7) is 6.42. The van der Waals surface area contributed by atoms with Gasteiger partial charge in [0.15, 0.2) is 6.29 Å². The molecule has 0 fully saturated rings. The molecule has 4 rings (SSSR count). The Morgan fingerprint density at radius 3 is 2.10 bits per heavy atom. The molecule has 0 atom stereocenters. The number of hydrogen-bond acceptors (Lipinski definition) is 1. The molecule has 0 aliphatic rings. The van der Waals surface area contributed by atoms with Crippen LogP contribution in [0.2, 0.25) is 0 Å². The quantitative estimate of drug-likeness (QED) is 0.293. The van der Waals surface area contributed by atoms with Crippen LogP contribution in [-0.4, -0.2) is 10.9 Å². The number of carbonyl (C=O) groups is 1. The van der Waals surface area contributed by atoms with Gasteiger partial charge in [0, 0.05) is 29.1 Å². The molecule has 0 saturated carbocycles. The summed E-state index contributed by atoms with van der Waals surface area (Å²) in [5, 5.41) is 0.985. The lowest BCUT2D eigenvalue weighted by Gasteiger charge is -2.14. The summed E-state index contributed by atoms with van der Waals surface area (Å²) in [5.41, 5.74) is 9.84. The monoisotopic (exact) mass is 379 g/mol. The number of nitrogens with zero attached hydrogens (tertiary/aromatic N) is 1. The first-order chi connectivity index (χ1) is 14.0. The third kappa shape index (κ3) is 3.31. The van der Waals surface area contributed by atoms with Crippen molar-refractivity contribution in [3.05, 3.63) is 106 Å². The average Bonchev–Trinajstić information content (AvgIpc) is 3.00. The second-order valence-corrected chi connectivity index (χ2v) is 7.69. The zero-order valence-corrected chi connectivity index (χ0v) is 17.4. The molecule has 2 nitrogen and oxygen atoms in total. The van der Waals surface area contributed by atoms with Crippen LogP contribution in [0.5, 0.6) is 0 Å². The van der Waals surface area contributed by atoms with Crippen molar-refractivity contribution < 1.29 is 4.79 Å². The Hall–Kier alpha value is -3.39. The van der Waals surface area contributed by atoms with Gasteiger partial charge in [-0.3, -0.25) is 4.79 Å². The number of rotatable bonds is 4. The molecule has 1 heterocycles. The molecular weight excluding hydrogens is 354 g/mol. The Morgan fingerprint density at radius 1 is 0.828 bits per heavy atom. The van der Waals surface area contributed by atoms with Crippen molar-refractivity contribution in [2.45, 2.75) is 20.8 Å². The fourth-order valence-electron chi connectivity index (χ4n) is 4.34. The molecule has 4 aromatic rings. The molecule has 29 heavy (non-hydrogen) atoms. The Balaban J connectivity index is 2.09. The van der Waals surface area contributed by atoms with E-state index in [4.69, 9.17) is 0 Å². The van der Waals surface area contributed by atoms with Gasteiger partial charge in [-0.2, -0.15) is 0 Å². The Bertz CT molecular complexity index is 1220. The lowest BCUT2D eigenvalue weighted by atomic mass is 9.93. The summed E-state index contributed by atoms with van der Waals surface area (Å²) in [6, 6.07) is 22.8. The fraction of sp³-hybridized carbons (Fsp3) is 0.148. The van der Waals surface area contributed by atoms with Crippen LogP contribution in [0.15, 0.2) is 66.7 Å². The highest BCUT2D eigenvalue weighted by Crippen LogP contribution is 2.35. The van der Waals surface area contributed by atoms with E-state index >= 15 is 0 Å². The number of fused-ring (bicyclic) bond motifs is 1. The second-order valence-electron chi connectivity index (χ2n) is 7.69. The fourth-order valence-corrected chi connectivity index (χ4v) is 4.34. The van der Waals surface area contributed by atoms with Crippen LogP contribution >= 0.6 is 0 Å². The molecule has 3 aromatic carbocycles. The molecule has 0 radical (unpaired) electrons. The minimum atomic E-state index is 0.737. The molecule has 0 bridgehead atoms. The van der Waals surface area contributed by atoms with Gasteiger partial charge in [0.2, 0.25) is 0 Å². The van der Waals surface area contributed by atoms with Crippen LogP contribution in [0.4, 0.5) is 0 Å². The van der Waals surface area contributed by atoms with E-state index in [1.54, 1.807) is 0 Å². The van der Waals surface area contributed by atoms with Crippen LogP contribution in [0.25, 0.3) is 22.6 Å². The molecule has 0 aliphatic heterocycles. The number of aldehydes is 1. The van der Waals surface area contributed by atoms with E-state index in [0.717, 1.165) is 39.6 Å². The van der Waals surface area contributed by atoms with E-state index in [9.17, 15) is 4.79 Å². The molecule has 0 amide bonds. The lowest BCUT2D eigenvalue weighted by molar-refractivity contribution is 0.112. The van der Waals surface area contributed by atoms with E-state index in [1.165, 1.54) is 22.3 Å². The maximum absolute atomic E-state index is 12.2. The molecule has 0 saturated heterocycles. The van der Waals surface area contributed by atoms with Crippen LogP contribution in [0.3, 0.4) is 0 Å². The Labute approximate surface area is 172 Å². The Morgan fingerprint density at radius 2 is 1.45 bits per heavy atom. The summed E-state index contributed by atoms with van der Waals surface area (Å²) in [7, 11) is 2.04. The molecule has 0 N–H and O–H groups in total. The van der Waals surface area contributed by atoms with Gasteiger partial charge in [0.25, 0.3) is 0 Å². The minimum Gasteiger partial charge on any atom is -0.343 e. The molecule has 0 unspecified atom stereocenters. The van der Waals surface area contributed by atoms with Crippen LogP contribution in [-0.2, 0) is 7.05 Å². The third-order valence-corrected chi connectivity index (χ3v) is 5.63. The van der Waals surface area contributed by atoms with Crippen molar-refractivity contribution in [1.82, 2.24) is 4.57 Å². The standard InChI is InChI=1S/C27H25NO/c1-18-14-19(2)23(20(3)15-18)16-24(21-10-6-5-7-11-21)27-25(17-29)22-12-8-9-13-26(22)28(27)4/h5-17H,1-4H3/b24-16+. The van der Waals surface area contributed by atoms with Gasteiger partial charge in [-0.25, -0.2) is 0 Å².